The van der Waals surface area contributed by atoms with E-state index < -0.39 is 6.10 Å². The van der Waals surface area contributed by atoms with Crippen LogP contribution < -0.4 is 4.74 Å². The van der Waals surface area contributed by atoms with E-state index in [4.69, 9.17) is 4.74 Å². The molecule has 1 aromatic carbocycles. The summed E-state index contributed by atoms with van der Waals surface area (Å²) in [5, 5.41) is 9.47. The van der Waals surface area contributed by atoms with Gasteiger partial charge in [-0.3, -0.25) is 0 Å². The van der Waals surface area contributed by atoms with Crippen molar-refractivity contribution in [2.45, 2.75) is 20.0 Å². The molecule has 1 aromatic heterocycles. The molecule has 1 N–H and O–H groups in total. The van der Waals surface area contributed by atoms with Crippen molar-refractivity contribution in [1.82, 2.24) is 4.98 Å². The van der Waals surface area contributed by atoms with Crippen molar-refractivity contribution in [2.75, 3.05) is 0 Å². The van der Waals surface area contributed by atoms with Crippen molar-refractivity contribution in [3.05, 3.63) is 53.7 Å². The molecule has 0 saturated carbocycles. The van der Waals surface area contributed by atoms with Crippen LogP contribution in [0.15, 0.2) is 42.6 Å². The molecule has 0 aliphatic carbocycles. The normalized spacial score (nSPS) is 12.2. The fraction of sp³-hybridized carbons (Fsp3) is 0.214. The van der Waals surface area contributed by atoms with Gasteiger partial charge in [0, 0.05) is 12.3 Å². The molecule has 1 atom stereocenters. The lowest BCUT2D eigenvalue weighted by atomic mass is 10.2. The molecular weight excluding hydrogens is 214 g/mol. The van der Waals surface area contributed by atoms with Gasteiger partial charge in [0.05, 0.1) is 6.10 Å². The van der Waals surface area contributed by atoms with Crippen molar-refractivity contribution < 1.29 is 9.84 Å². The van der Waals surface area contributed by atoms with Crippen molar-refractivity contribution in [2.24, 2.45) is 0 Å². The minimum Gasteiger partial charge on any atom is -0.439 e. The predicted octanol–water partition coefficient (Wildman–Crippen LogP) is 3.24. The van der Waals surface area contributed by atoms with E-state index in [1.807, 2.05) is 31.2 Å². The SMILES string of the molecule is Cc1ccc(Oc2cc(C(C)O)ccn2)cc1. The lowest BCUT2D eigenvalue weighted by Gasteiger charge is -2.08. The summed E-state index contributed by atoms with van der Waals surface area (Å²) in [4.78, 5) is 4.11. The Labute approximate surface area is 101 Å². The fourth-order valence-electron chi connectivity index (χ4n) is 1.47. The van der Waals surface area contributed by atoms with Crippen LogP contribution in [-0.4, -0.2) is 10.1 Å². The first-order chi connectivity index (χ1) is 8.15. The number of ether oxygens (including phenoxy) is 1. The monoisotopic (exact) mass is 229 g/mol. The van der Waals surface area contributed by atoms with Crippen molar-refractivity contribution >= 4 is 0 Å². The summed E-state index contributed by atoms with van der Waals surface area (Å²) in [5.74, 6) is 1.23. The third-order valence-corrected chi connectivity index (χ3v) is 2.48. The number of benzene rings is 1. The summed E-state index contributed by atoms with van der Waals surface area (Å²) in [6, 6.07) is 11.3. The van der Waals surface area contributed by atoms with Gasteiger partial charge in [-0.1, -0.05) is 17.7 Å². The van der Waals surface area contributed by atoms with E-state index in [0.29, 0.717) is 5.88 Å². The molecule has 0 aliphatic heterocycles. The molecule has 3 nitrogen and oxygen atoms in total. The number of pyridine rings is 1. The van der Waals surface area contributed by atoms with Crippen LogP contribution >= 0.6 is 0 Å². The molecule has 0 radical (unpaired) electrons. The molecule has 0 aliphatic rings. The fourth-order valence-corrected chi connectivity index (χ4v) is 1.47. The first-order valence-corrected chi connectivity index (χ1v) is 5.54. The Morgan fingerprint density at radius 1 is 1.18 bits per heavy atom. The zero-order valence-electron chi connectivity index (χ0n) is 9.92. The number of nitrogens with zero attached hydrogens (tertiary/aromatic N) is 1. The molecule has 1 heterocycles. The molecular formula is C14H15NO2. The highest BCUT2D eigenvalue weighted by Crippen LogP contribution is 2.22. The standard InChI is InChI=1S/C14H15NO2/c1-10-3-5-13(6-4-10)17-14-9-12(11(2)16)7-8-15-14/h3-9,11,16H,1-2H3. The second kappa shape index (κ2) is 4.97. The molecule has 88 valence electrons. The van der Waals surface area contributed by atoms with Crippen LogP contribution in [-0.2, 0) is 0 Å². The van der Waals surface area contributed by atoms with Crippen molar-refractivity contribution in [1.29, 1.82) is 0 Å². The largest absolute Gasteiger partial charge is 0.439 e. The maximum Gasteiger partial charge on any atom is 0.219 e. The molecule has 0 amide bonds. The maximum atomic E-state index is 9.47. The zero-order chi connectivity index (χ0) is 12.3. The number of aliphatic hydroxyl groups is 1. The third-order valence-electron chi connectivity index (χ3n) is 2.48. The third kappa shape index (κ3) is 3.04. The lowest BCUT2D eigenvalue weighted by molar-refractivity contribution is 0.198. The highest BCUT2D eigenvalue weighted by Gasteiger charge is 2.04. The Balaban J connectivity index is 2.18. The zero-order valence-corrected chi connectivity index (χ0v) is 9.92. The van der Waals surface area contributed by atoms with Gasteiger partial charge in [0.1, 0.15) is 5.75 Å². The summed E-state index contributed by atoms with van der Waals surface area (Å²) >= 11 is 0. The average Bonchev–Trinajstić information content (AvgIpc) is 2.32. The Hall–Kier alpha value is -1.87. The Morgan fingerprint density at radius 2 is 1.88 bits per heavy atom. The average molecular weight is 229 g/mol. The number of rotatable bonds is 3. The summed E-state index contributed by atoms with van der Waals surface area (Å²) in [6.45, 7) is 3.74. The van der Waals surface area contributed by atoms with Crippen LogP contribution in [0.4, 0.5) is 0 Å². The number of hydrogen-bond acceptors (Lipinski definition) is 3. The van der Waals surface area contributed by atoms with Gasteiger partial charge in [-0.2, -0.15) is 0 Å². The molecule has 17 heavy (non-hydrogen) atoms. The molecule has 2 aromatic rings. The lowest BCUT2D eigenvalue weighted by Crippen LogP contribution is -1.94. The number of hydrogen-bond donors (Lipinski definition) is 1. The van der Waals surface area contributed by atoms with Crippen LogP contribution in [0.1, 0.15) is 24.2 Å². The maximum absolute atomic E-state index is 9.47. The first-order valence-electron chi connectivity index (χ1n) is 5.54. The molecule has 0 bridgehead atoms. The minimum atomic E-state index is -0.515. The van der Waals surface area contributed by atoms with Crippen LogP contribution in [0.25, 0.3) is 0 Å². The second-order valence-corrected chi connectivity index (χ2v) is 4.02. The van der Waals surface area contributed by atoms with Crippen molar-refractivity contribution in [3.63, 3.8) is 0 Å². The van der Waals surface area contributed by atoms with Gasteiger partial charge in [-0.25, -0.2) is 4.98 Å². The van der Waals surface area contributed by atoms with Gasteiger partial charge in [0.15, 0.2) is 0 Å². The van der Waals surface area contributed by atoms with Gasteiger partial charge in [0.25, 0.3) is 0 Å². The van der Waals surface area contributed by atoms with E-state index in [1.165, 1.54) is 5.56 Å². The van der Waals surface area contributed by atoms with Gasteiger partial charge in [-0.05, 0) is 37.6 Å². The van der Waals surface area contributed by atoms with E-state index in [0.717, 1.165) is 11.3 Å². The predicted molar refractivity (Wildman–Crippen MR) is 66.1 cm³/mol. The molecule has 3 heteroatoms. The quantitative estimate of drug-likeness (QED) is 0.878. The molecule has 0 saturated heterocycles. The van der Waals surface area contributed by atoms with Gasteiger partial charge >= 0.3 is 0 Å². The summed E-state index contributed by atoms with van der Waals surface area (Å²) in [7, 11) is 0. The van der Waals surface area contributed by atoms with Crippen LogP contribution in [0.3, 0.4) is 0 Å². The first kappa shape index (κ1) is 11.6. The smallest absolute Gasteiger partial charge is 0.219 e. The van der Waals surface area contributed by atoms with E-state index >= 15 is 0 Å². The van der Waals surface area contributed by atoms with Gasteiger partial charge in [0.2, 0.25) is 5.88 Å². The molecule has 1 unspecified atom stereocenters. The Kier molecular flexibility index (Phi) is 3.40. The number of aliphatic hydroxyl groups excluding tert-OH is 1. The van der Waals surface area contributed by atoms with Crippen LogP contribution in [0.2, 0.25) is 0 Å². The van der Waals surface area contributed by atoms with E-state index in [9.17, 15) is 5.11 Å². The Morgan fingerprint density at radius 3 is 2.53 bits per heavy atom. The second-order valence-electron chi connectivity index (χ2n) is 4.02. The van der Waals surface area contributed by atoms with Crippen LogP contribution in [0, 0.1) is 6.92 Å². The number of aryl methyl sites for hydroxylation is 1. The minimum absolute atomic E-state index is 0.493. The van der Waals surface area contributed by atoms with E-state index in [1.54, 1.807) is 25.3 Å². The van der Waals surface area contributed by atoms with Gasteiger partial charge in [-0.15, -0.1) is 0 Å². The number of aromatic nitrogens is 1. The Bertz CT molecular complexity index is 492. The highest BCUT2D eigenvalue weighted by molar-refractivity contribution is 5.31. The molecule has 0 fully saturated rings. The van der Waals surface area contributed by atoms with Crippen molar-refractivity contribution in [3.8, 4) is 11.6 Å². The summed E-state index contributed by atoms with van der Waals surface area (Å²) < 4.78 is 5.60. The summed E-state index contributed by atoms with van der Waals surface area (Å²) in [6.07, 6.45) is 1.12. The molecule has 0 spiro atoms. The van der Waals surface area contributed by atoms with Crippen LogP contribution in [0.5, 0.6) is 11.6 Å². The van der Waals surface area contributed by atoms with E-state index in [2.05, 4.69) is 4.98 Å². The molecule has 2 rings (SSSR count). The highest BCUT2D eigenvalue weighted by atomic mass is 16.5. The summed E-state index contributed by atoms with van der Waals surface area (Å²) in [5.41, 5.74) is 1.98. The van der Waals surface area contributed by atoms with Gasteiger partial charge < -0.3 is 9.84 Å². The van der Waals surface area contributed by atoms with E-state index in [-0.39, 0.29) is 0 Å². The topological polar surface area (TPSA) is 42.4 Å².